The van der Waals surface area contributed by atoms with E-state index in [9.17, 15) is 5.11 Å². The summed E-state index contributed by atoms with van der Waals surface area (Å²) in [6.45, 7) is 0. The van der Waals surface area contributed by atoms with Crippen LogP contribution in [0.3, 0.4) is 0 Å². The lowest BCUT2D eigenvalue weighted by atomic mass is 9.81. The molecule has 2 nitrogen and oxygen atoms in total. The topological polar surface area (TPSA) is 29.5 Å². The summed E-state index contributed by atoms with van der Waals surface area (Å²) < 4.78 is 5.41. The van der Waals surface area contributed by atoms with Crippen molar-refractivity contribution in [2.45, 2.75) is 70.0 Å². The van der Waals surface area contributed by atoms with Crippen LogP contribution in [0.5, 0.6) is 0 Å². The van der Waals surface area contributed by atoms with Crippen molar-refractivity contribution in [3.8, 4) is 0 Å². The molecular formula is C15H26O2. The molecule has 0 saturated heterocycles. The molecule has 0 aromatic carbocycles. The summed E-state index contributed by atoms with van der Waals surface area (Å²) in [6, 6.07) is 0. The Kier molecular flexibility index (Phi) is 5.05. The second-order valence-corrected chi connectivity index (χ2v) is 5.64. The molecule has 0 aliphatic heterocycles. The molecule has 3 atom stereocenters. The average molecular weight is 238 g/mol. The third-order valence-corrected chi connectivity index (χ3v) is 4.42. The number of methoxy groups -OCH3 is 1. The van der Waals surface area contributed by atoms with Crippen LogP contribution in [0, 0.1) is 5.92 Å². The molecule has 1 N–H and O–H groups in total. The Morgan fingerprint density at radius 1 is 1.24 bits per heavy atom. The smallest absolute Gasteiger partial charge is 0.0754 e. The van der Waals surface area contributed by atoms with Crippen molar-refractivity contribution in [1.82, 2.24) is 0 Å². The molecule has 0 aromatic rings. The normalized spacial score (nSPS) is 34.5. The fraction of sp³-hybridized carbons (Fsp3) is 0.867. The summed E-state index contributed by atoms with van der Waals surface area (Å²) in [5.74, 6) is 0.549. The summed E-state index contributed by atoms with van der Waals surface area (Å²) in [7, 11) is 1.80. The molecule has 17 heavy (non-hydrogen) atoms. The number of allylic oxidation sites excluding steroid dienone is 1. The van der Waals surface area contributed by atoms with Crippen molar-refractivity contribution >= 4 is 0 Å². The number of aliphatic hydroxyl groups excluding tert-OH is 1. The first-order valence-corrected chi connectivity index (χ1v) is 7.20. The summed E-state index contributed by atoms with van der Waals surface area (Å²) in [5, 5.41) is 9.95. The Balaban J connectivity index is 1.78. The van der Waals surface area contributed by atoms with Gasteiger partial charge in [0.1, 0.15) is 0 Å². The van der Waals surface area contributed by atoms with Gasteiger partial charge in [-0.2, -0.15) is 0 Å². The Labute approximate surface area is 105 Å². The van der Waals surface area contributed by atoms with Crippen molar-refractivity contribution in [3.63, 3.8) is 0 Å². The molecule has 0 amide bonds. The van der Waals surface area contributed by atoms with E-state index in [0.29, 0.717) is 12.0 Å². The zero-order valence-electron chi connectivity index (χ0n) is 11.0. The van der Waals surface area contributed by atoms with E-state index in [1.54, 1.807) is 12.7 Å². The molecule has 0 radical (unpaired) electrons. The highest BCUT2D eigenvalue weighted by molar-refractivity contribution is 5.09. The molecule has 0 bridgehead atoms. The molecule has 2 heteroatoms. The first-order valence-electron chi connectivity index (χ1n) is 7.20. The summed E-state index contributed by atoms with van der Waals surface area (Å²) in [5.41, 5.74) is 1.56. The van der Waals surface area contributed by atoms with Crippen molar-refractivity contribution in [1.29, 1.82) is 0 Å². The van der Waals surface area contributed by atoms with Crippen LogP contribution in [0.4, 0.5) is 0 Å². The lowest BCUT2D eigenvalue weighted by Crippen LogP contribution is -2.24. The standard InChI is InChI=1S/C15H26O2/c1-17-14-7-4-5-12(11-14)9-10-13-6-2-3-8-15(13)16/h11,13-16H,2-10H2,1H3. The van der Waals surface area contributed by atoms with E-state index in [4.69, 9.17) is 4.74 Å². The zero-order chi connectivity index (χ0) is 12.1. The van der Waals surface area contributed by atoms with Gasteiger partial charge in [-0.25, -0.2) is 0 Å². The maximum absolute atomic E-state index is 9.95. The summed E-state index contributed by atoms with van der Waals surface area (Å²) in [4.78, 5) is 0. The van der Waals surface area contributed by atoms with Crippen LogP contribution in [0.25, 0.3) is 0 Å². The fourth-order valence-corrected chi connectivity index (χ4v) is 3.25. The highest BCUT2D eigenvalue weighted by Crippen LogP contribution is 2.31. The predicted molar refractivity (Wildman–Crippen MR) is 69.9 cm³/mol. The van der Waals surface area contributed by atoms with Crippen LogP contribution in [0.15, 0.2) is 11.6 Å². The van der Waals surface area contributed by atoms with E-state index in [0.717, 1.165) is 6.42 Å². The minimum absolute atomic E-state index is 0.0360. The van der Waals surface area contributed by atoms with Crippen LogP contribution in [-0.4, -0.2) is 24.4 Å². The second kappa shape index (κ2) is 6.55. The van der Waals surface area contributed by atoms with Gasteiger partial charge in [-0.1, -0.05) is 24.5 Å². The highest BCUT2D eigenvalue weighted by atomic mass is 16.5. The average Bonchev–Trinajstić information content (AvgIpc) is 2.38. The molecule has 0 heterocycles. The van der Waals surface area contributed by atoms with Gasteiger partial charge < -0.3 is 9.84 Å². The Morgan fingerprint density at radius 2 is 2.06 bits per heavy atom. The number of hydrogen-bond acceptors (Lipinski definition) is 2. The van der Waals surface area contributed by atoms with Crippen molar-refractivity contribution in [2.24, 2.45) is 5.92 Å². The van der Waals surface area contributed by atoms with Gasteiger partial charge in [0, 0.05) is 7.11 Å². The van der Waals surface area contributed by atoms with Gasteiger partial charge in [0.15, 0.2) is 0 Å². The van der Waals surface area contributed by atoms with Crippen LogP contribution in [0.1, 0.15) is 57.8 Å². The van der Waals surface area contributed by atoms with Gasteiger partial charge in [0.25, 0.3) is 0 Å². The Morgan fingerprint density at radius 3 is 2.82 bits per heavy atom. The van der Waals surface area contributed by atoms with E-state index in [1.807, 2.05) is 0 Å². The lowest BCUT2D eigenvalue weighted by Gasteiger charge is -2.28. The van der Waals surface area contributed by atoms with Gasteiger partial charge in [0.2, 0.25) is 0 Å². The maximum Gasteiger partial charge on any atom is 0.0754 e. The molecule has 2 aliphatic carbocycles. The van der Waals surface area contributed by atoms with Gasteiger partial charge in [-0.15, -0.1) is 0 Å². The first kappa shape index (κ1) is 13.1. The number of hydrogen-bond donors (Lipinski definition) is 1. The Hall–Kier alpha value is -0.340. The van der Waals surface area contributed by atoms with Crippen molar-refractivity contribution < 1.29 is 9.84 Å². The van der Waals surface area contributed by atoms with Gasteiger partial charge in [-0.05, 0) is 50.9 Å². The number of aliphatic hydroxyl groups is 1. The third-order valence-electron chi connectivity index (χ3n) is 4.42. The van der Waals surface area contributed by atoms with Crippen molar-refractivity contribution in [3.05, 3.63) is 11.6 Å². The molecule has 98 valence electrons. The van der Waals surface area contributed by atoms with E-state index < -0.39 is 0 Å². The highest BCUT2D eigenvalue weighted by Gasteiger charge is 2.23. The number of rotatable bonds is 4. The van der Waals surface area contributed by atoms with Gasteiger partial charge in [0.05, 0.1) is 12.2 Å². The van der Waals surface area contributed by atoms with Crippen LogP contribution >= 0.6 is 0 Å². The summed E-state index contributed by atoms with van der Waals surface area (Å²) >= 11 is 0. The van der Waals surface area contributed by atoms with E-state index in [1.165, 1.54) is 51.4 Å². The van der Waals surface area contributed by atoms with E-state index in [2.05, 4.69) is 6.08 Å². The molecule has 1 saturated carbocycles. The van der Waals surface area contributed by atoms with Crippen LogP contribution in [0.2, 0.25) is 0 Å². The molecular weight excluding hydrogens is 212 g/mol. The quantitative estimate of drug-likeness (QED) is 0.760. The first-order chi connectivity index (χ1) is 8.29. The third kappa shape index (κ3) is 3.82. The van der Waals surface area contributed by atoms with E-state index >= 15 is 0 Å². The van der Waals surface area contributed by atoms with E-state index in [-0.39, 0.29) is 6.10 Å². The summed E-state index contributed by atoms with van der Waals surface area (Å²) in [6.07, 6.45) is 13.4. The monoisotopic (exact) mass is 238 g/mol. The second-order valence-electron chi connectivity index (χ2n) is 5.64. The SMILES string of the molecule is COC1C=C(CCC2CCCCC2O)CCC1. The molecule has 0 spiro atoms. The molecule has 1 fully saturated rings. The van der Waals surface area contributed by atoms with Crippen LogP contribution < -0.4 is 0 Å². The van der Waals surface area contributed by atoms with Gasteiger partial charge in [-0.3, -0.25) is 0 Å². The fourth-order valence-electron chi connectivity index (χ4n) is 3.25. The maximum atomic E-state index is 9.95. The van der Waals surface area contributed by atoms with Gasteiger partial charge >= 0.3 is 0 Å². The minimum atomic E-state index is -0.0360. The molecule has 2 rings (SSSR count). The van der Waals surface area contributed by atoms with Crippen LogP contribution in [-0.2, 0) is 4.74 Å². The zero-order valence-corrected chi connectivity index (χ0v) is 11.0. The number of ether oxygens (including phenoxy) is 1. The Bertz CT molecular complexity index is 260. The lowest BCUT2D eigenvalue weighted by molar-refractivity contribution is 0.0651. The van der Waals surface area contributed by atoms with Crippen molar-refractivity contribution in [2.75, 3.05) is 7.11 Å². The predicted octanol–water partition coefficient (Wildman–Crippen LogP) is 3.44. The molecule has 3 unspecified atom stereocenters. The minimum Gasteiger partial charge on any atom is -0.393 e. The largest absolute Gasteiger partial charge is 0.393 e. The molecule has 0 aromatic heterocycles. The molecule has 2 aliphatic rings.